The van der Waals surface area contributed by atoms with Crippen molar-refractivity contribution in [2.75, 3.05) is 41.1 Å². The van der Waals surface area contributed by atoms with Crippen molar-refractivity contribution in [2.24, 2.45) is 41.4 Å². The third kappa shape index (κ3) is 17.2. The lowest BCUT2D eigenvalue weighted by Crippen LogP contribution is -2.65. The third-order valence-corrected chi connectivity index (χ3v) is 18.0. The maximum Gasteiger partial charge on any atom is 0.422 e. The summed E-state index contributed by atoms with van der Waals surface area (Å²) in [6.07, 6.45) is 6.64. The number of Topliss-reactive ketones (excluding diaryl/α,β-unsaturated/α-hetero) is 3. The van der Waals surface area contributed by atoms with E-state index in [0.29, 0.717) is 69.8 Å². The second-order valence-electron chi connectivity index (χ2n) is 22.8. The van der Waals surface area contributed by atoms with Gasteiger partial charge in [-0.2, -0.15) is 13.1 Å². The molecule has 1 aliphatic carbocycles. The molecule has 5 aliphatic heterocycles. The molecule has 1 saturated carbocycles. The molecule has 6 aliphatic rings. The minimum atomic E-state index is -4.54. The fourth-order valence-electron chi connectivity index (χ4n) is 12.3. The van der Waals surface area contributed by atoms with E-state index < -0.39 is 130 Å². The number of amides is 2. The summed E-state index contributed by atoms with van der Waals surface area (Å²) in [6, 6.07) is -2.34. The maximum atomic E-state index is 14.6. The fourth-order valence-corrected chi connectivity index (χ4v) is 13.3. The van der Waals surface area contributed by atoms with Crippen LogP contribution in [0.25, 0.3) is 0 Å². The van der Waals surface area contributed by atoms with E-state index in [1.807, 2.05) is 48.9 Å². The van der Waals surface area contributed by atoms with Gasteiger partial charge in [0, 0.05) is 64.4 Å². The molecule has 0 aromatic rings. The van der Waals surface area contributed by atoms with Gasteiger partial charge in [-0.1, -0.05) is 69.7 Å². The van der Waals surface area contributed by atoms with Crippen molar-refractivity contribution in [3.63, 3.8) is 0 Å². The predicted molar refractivity (Wildman–Crippen MR) is 291 cm³/mol. The Labute approximate surface area is 471 Å². The summed E-state index contributed by atoms with van der Waals surface area (Å²) in [5, 5.41) is 50.3. The molecule has 5 heterocycles. The summed E-state index contributed by atoms with van der Waals surface area (Å²) < 4.78 is 64.6. The number of allylic oxidation sites excluding steroid dienone is 7. The Morgan fingerprint density at radius 1 is 0.900 bits per heavy atom. The fraction of sp³-hybridized carbons (Fsp3) is 0.754. The lowest BCUT2D eigenvalue weighted by atomic mass is 9.68. The van der Waals surface area contributed by atoms with Crippen molar-refractivity contribution in [1.29, 1.82) is 0 Å². The van der Waals surface area contributed by atoms with Gasteiger partial charge in [0.2, 0.25) is 5.79 Å². The summed E-state index contributed by atoms with van der Waals surface area (Å²) in [5.41, 5.74) is 1.36. The Kier molecular flexibility index (Phi) is 25.2. The maximum absolute atomic E-state index is 14.6. The van der Waals surface area contributed by atoms with Crippen LogP contribution in [-0.2, 0) is 62.6 Å². The molecule has 10 unspecified atom stereocenters. The van der Waals surface area contributed by atoms with Gasteiger partial charge in [-0.15, -0.1) is 0 Å². The Morgan fingerprint density at radius 2 is 1.62 bits per heavy atom. The van der Waals surface area contributed by atoms with Crippen LogP contribution in [0.3, 0.4) is 0 Å². The highest BCUT2D eigenvalue weighted by atomic mass is 32.2. The second kappa shape index (κ2) is 30.3. The largest absolute Gasteiger partial charge is 0.460 e. The number of ether oxygens (including phenoxy) is 6. The van der Waals surface area contributed by atoms with Crippen molar-refractivity contribution in [1.82, 2.24) is 14.3 Å². The van der Waals surface area contributed by atoms with Crippen LogP contribution < -0.4 is 9.44 Å². The van der Waals surface area contributed by atoms with Crippen molar-refractivity contribution in [2.45, 2.75) is 192 Å². The number of piperidine rings is 1. The zero-order valence-electron chi connectivity index (χ0n) is 47.9. The normalized spacial score (nSPS) is 39.8. The minimum absolute atomic E-state index is 0.00538. The van der Waals surface area contributed by atoms with Gasteiger partial charge in [-0.3, -0.25) is 19.2 Å². The van der Waals surface area contributed by atoms with Crippen molar-refractivity contribution in [3.05, 3.63) is 47.6 Å². The molecule has 23 heteroatoms. The van der Waals surface area contributed by atoms with Gasteiger partial charge in [0.25, 0.3) is 11.7 Å². The topological polar surface area (TPSA) is 320 Å². The molecular weight excluding hydrogens is 1060 g/mol. The Hall–Kier alpha value is -4.27. The van der Waals surface area contributed by atoms with Crippen LogP contribution in [0.2, 0.25) is 0 Å². The number of fused-ring (bicyclic) bond motifs is 4. The molecule has 5 fully saturated rings. The standard InChI is InChI=1S/C56H85N3O18S.CH4O/c1-31-13-10-9-11-14-32(2)23-34(4)49(63)51(73-8)50(64)35(5)24-33(3)43(61)28-46-41(40-15-12-22-59(48(40)54(67)75-46)53(66)52(65)56(69)36(6)17-20-38(77-56)19-16-31)25-37-18-21-45(47(26-37)72-7)76-55(68)58-78(70,71)57-42-30-74-39(29-60)27-44(42)62;1-2/h9-11,13-14,24,32-34,36-42,44-48,50-51,57,60,62,64,69H,12,15-23,25-30H2,1-8H3,(H,58,68);2H,1H3/b10-9+,14-11+,31-13+,35-24+;/t32-,33-,34?,36?,37?,38-,39?,40-,41?,42+,44?,45-,46+,47?,48?,50?,51+,56?;/m1./s1. The van der Waals surface area contributed by atoms with Crippen LogP contribution in [-0.4, -0.2) is 182 Å². The molecule has 7 N–H and O–H groups in total. The number of esters is 1. The average Bonchev–Trinajstić information content (AvgIpc) is 3.62. The van der Waals surface area contributed by atoms with E-state index in [1.165, 1.54) is 19.1 Å². The van der Waals surface area contributed by atoms with Crippen molar-refractivity contribution in [3.8, 4) is 0 Å². The number of aliphatic hydroxyl groups is 5. The number of hydrogen-bond donors (Lipinski definition) is 7. The quantitative estimate of drug-likeness (QED) is 0.0987. The molecule has 18 atom stereocenters. The minimum Gasteiger partial charge on any atom is -0.460 e. The first-order valence-electron chi connectivity index (χ1n) is 28.2. The van der Waals surface area contributed by atoms with E-state index in [1.54, 1.807) is 33.8 Å². The van der Waals surface area contributed by atoms with Crippen LogP contribution >= 0.6 is 0 Å². The van der Waals surface area contributed by atoms with Crippen LogP contribution in [0.4, 0.5) is 4.79 Å². The summed E-state index contributed by atoms with van der Waals surface area (Å²) in [5.74, 6) is -9.51. The highest BCUT2D eigenvalue weighted by Crippen LogP contribution is 2.45. The lowest BCUT2D eigenvalue weighted by molar-refractivity contribution is -0.263. The summed E-state index contributed by atoms with van der Waals surface area (Å²) >= 11 is 0. The van der Waals surface area contributed by atoms with E-state index in [2.05, 4.69) is 4.72 Å². The first kappa shape index (κ1) is 66.5. The SMILES string of the molecule is CO.COC1CC(CC2[C@H]3CCCN4C(=O)C(=O)C5(O)O[C@H](CC/C(C)=C/C=C/C=C/[C@@H](C)CC(C)C(=O)[C@H](OC)C(O)/C(C)=C/[C@@H](C)C(=O)C[C@@H]2OC(=O)C34)CCC5C)CC[C@H]1OC(=O)NS(=O)(=O)N[C@H]1COC(CO)CC1O. The van der Waals surface area contributed by atoms with Gasteiger partial charge in [-0.25, -0.2) is 14.3 Å². The molecular formula is C57H89N3O19S. The first-order valence-corrected chi connectivity index (χ1v) is 29.7. The summed E-state index contributed by atoms with van der Waals surface area (Å²) in [7, 11) is -0.768. The number of carbonyl (C=O) groups is 6. The smallest absolute Gasteiger partial charge is 0.422 e. The first-order chi connectivity index (χ1) is 37.9. The highest BCUT2D eigenvalue weighted by Gasteiger charge is 2.57. The Bertz CT molecular complexity index is 2380. The molecule has 6 rings (SSSR count). The van der Waals surface area contributed by atoms with Gasteiger partial charge in [0.1, 0.15) is 36.2 Å². The molecule has 2 amide bonds. The van der Waals surface area contributed by atoms with Gasteiger partial charge >= 0.3 is 22.3 Å². The Balaban J connectivity index is 0.00000581. The van der Waals surface area contributed by atoms with Crippen molar-refractivity contribution >= 4 is 45.5 Å². The predicted octanol–water partition coefficient (Wildman–Crippen LogP) is 3.46. The zero-order valence-corrected chi connectivity index (χ0v) is 48.7. The van der Waals surface area contributed by atoms with Gasteiger partial charge in [-0.05, 0) is 108 Å². The van der Waals surface area contributed by atoms with Crippen LogP contribution in [0.1, 0.15) is 125 Å². The molecule has 0 aromatic carbocycles. The molecule has 4 saturated heterocycles. The van der Waals surface area contributed by atoms with Gasteiger partial charge < -0.3 is 58.9 Å². The van der Waals surface area contributed by atoms with Crippen LogP contribution in [0.15, 0.2) is 47.6 Å². The van der Waals surface area contributed by atoms with E-state index in [4.69, 9.17) is 33.5 Å². The number of ketones is 3. The Morgan fingerprint density at radius 3 is 2.30 bits per heavy atom. The number of carbonyl (C=O) groups excluding carboxylic acids is 6. The number of methoxy groups -OCH3 is 2. The van der Waals surface area contributed by atoms with E-state index >= 15 is 0 Å². The molecule has 452 valence electrons. The van der Waals surface area contributed by atoms with Crippen LogP contribution in [0.5, 0.6) is 0 Å². The number of hydrogen-bond acceptors (Lipinski definition) is 19. The van der Waals surface area contributed by atoms with Gasteiger partial charge in [0.05, 0.1) is 43.7 Å². The zero-order chi connectivity index (χ0) is 59.2. The van der Waals surface area contributed by atoms with Crippen molar-refractivity contribution < 1.29 is 91.1 Å². The summed E-state index contributed by atoms with van der Waals surface area (Å²) in [6.45, 7) is 10.1. The highest BCUT2D eigenvalue weighted by molar-refractivity contribution is 7.88. The van der Waals surface area contributed by atoms with Crippen LogP contribution in [0, 0.1) is 41.4 Å². The third-order valence-electron chi connectivity index (χ3n) is 17.0. The molecule has 0 radical (unpaired) electrons. The average molecular weight is 1150 g/mol. The number of nitrogens with zero attached hydrogens (tertiary/aromatic N) is 1. The number of rotatable bonds is 9. The molecule has 22 nitrogen and oxygen atoms in total. The number of nitrogens with one attached hydrogen (secondary N) is 2. The van der Waals surface area contributed by atoms with E-state index in [9.17, 15) is 57.6 Å². The molecule has 0 aromatic heterocycles. The molecule has 4 bridgehead atoms. The number of aliphatic hydroxyl groups excluding tert-OH is 4. The molecule has 0 spiro atoms. The second-order valence-corrected chi connectivity index (χ2v) is 24.3. The van der Waals surface area contributed by atoms with Gasteiger partial charge in [0.15, 0.2) is 5.78 Å². The molecule has 80 heavy (non-hydrogen) atoms. The monoisotopic (exact) mass is 1150 g/mol. The lowest BCUT2D eigenvalue weighted by Gasteiger charge is -2.50. The van der Waals surface area contributed by atoms with E-state index in [0.717, 1.165) is 12.7 Å². The summed E-state index contributed by atoms with van der Waals surface area (Å²) in [4.78, 5) is 85.8. The van der Waals surface area contributed by atoms with E-state index in [-0.39, 0.29) is 62.4 Å².